The van der Waals surface area contributed by atoms with Gasteiger partial charge >= 0.3 is 0 Å². The van der Waals surface area contributed by atoms with E-state index in [0.29, 0.717) is 0 Å². The van der Waals surface area contributed by atoms with Gasteiger partial charge in [0.25, 0.3) is 0 Å². The van der Waals surface area contributed by atoms with E-state index in [1.807, 2.05) is 10.7 Å². The molecule has 1 aliphatic heterocycles. The van der Waals surface area contributed by atoms with E-state index in [1.54, 1.807) is 0 Å². The number of tetrazole rings is 1. The second kappa shape index (κ2) is 6.24. The van der Waals surface area contributed by atoms with Crippen LogP contribution in [-0.2, 0) is 0 Å². The van der Waals surface area contributed by atoms with Crippen molar-refractivity contribution in [3.63, 3.8) is 0 Å². The van der Waals surface area contributed by atoms with Gasteiger partial charge in [-0.2, -0.15) is 4.68 Å². The molecule has 0 amide bonds. The maximum absolute atomic E-state index is 4.24. The van der Waals surface area contributed by atoms with Crippen molar-refractivity contribution in [1.82, 2.24) is 20.2 Å². The second-order valence-electron chi connectivity index (χ2n) is 5.95. The van der Waals surface area contributed by atoms with E-state index in [4.69, 9.17) is 0 Å². The first-order valence-corrected chi connectivity index (χ1v) is 7.88. The molecule has 5 nitrogen and oxygen atoms in total. The molecule has 1 saturated heterocycles. The molecule has 112 valence electrons. The van der Waals surface area contributed by atoms with Crippen LogP contribution in [0, 0.1) is 12.8 Å². The summed E-state index contributed by atoms with van der Waals surface area (Å²) in [5.74, 6) is 1.74. The summed E-state index contributed by atoms with van der Waals surface area (Å²) in [5, 5.41) is 12.3. The number of aromatic nitrogens is 4. The van der Waals surface area contributed by atoms with Gasteiger partial charge in [-0.1, -0.05) is 37.0 Å². The average Bonchev–Trinajstić information content (AvgIpc) is 2.98. The number of nitrogens with zero attached hydrogens (tertiary/aromatic N) is 5. The minimum absolute atomic E-state index is 0.870. The highest BCUT2D eigenvalue weighted by atomic mass is 15.6. The molecule has 1 aromatic carbocycles. The Morgan fingerprint density at radius 1 is 1.24 bits per heavy atom. The maximum atomic E-state index is 4.24. The normalized spacial score (nSPS) is 16.4. The van der Waals surface area contributed by atoms with Crippen molar-refractivity contribution < 1.29 is 0 Å². The highest BCUT2D eigenvalue weighted by Gasteiger charge is 2.23. The Bertz CT molecular complexity index is 584. The first-order valence-electron chi connectivity index (χ1n) is 7.88. The Kier molecular flexibility index (Phi) is 4.18. The molecule has 0 spiro atoms. The summed E-state index contributed by atoms with van der Waals surface area (Å²) in [6.45, 7) is 6.46. The van der Waals surface area contributed by atoms with Crippen LogP contribution < -0.4 is 4.90 Å². The van der Waals surface area contributed by atoms with Crippen molar-refractivity contribution in [2.24, 2.45) is 5.92 Å². The number of piperidine rings is 1. The Balaban J connectivity index is 1.77. The molecular formula is C16H23N5. The SMILES string of the molecule is CCCC1CCN(c2nnnn2-c2cccc(C)c2)CC1. The van der Waals surface area contributed by atoms with Gasteiger partial charge in [0.1, 0.15) is 0 Å². The lowest BCUT2D eigenvalue weighted by atomic mass is 9.93. The molecule has 0 atom stereocenters. The van der Waals surface area contributed by atoms with E-state index in [1.165, 1.54) is 31.2 Å². The molecule has 0 saturated carbocycles. The number of rotatable bonds is 4. The van der Waals surface area contributed by atoms with E-state index in [0.717, 1.165) is 30.6 Å². The van der Waals surface area contributed by atoms with Gasteiger partial charge in [-0.05, 0) is 53.8 Å². The third kappa shape index (κ3) is 3.06. The molecule has 2 aromatic rings. The lowest BCUT2D eigenvalue weighted by molar-refractivity contribution is 0.375. The summed E-state index contributed by atoms with van der Waals surface area (Å²) in [5.41, 5.74) is 2.25. The second-order valence-corrected chi connectivity index (χ2v) is 5.95. The summed E-state index contributed by atoms with van der Waals surface area (Å²) in [6, 6.07) is 8.30. The molecule has 21 heavy (non-hydrogen) atoms. The van der Waals surface area contributed by atoms with Crippen LogP contribution in [-0.4, -0.2) is 33.3 Å². The third-order valence-electron chi connectivity index (χ3n) is 4.29. The van der Waals surface area contributed by atoms with Gasteiger partial charge in [-0.3, -0.25) is 0 Å². The summed E-state index contributed by atoms with van der Waals surface area (Å²) in [7, 11) is 0. The molecule has 0 radical (unpaired) electrons. The molecule has 0 bridgehead atoms. The van der Waals surface area contributed by atoms with E-state index in [9.17, 15) is 0 Å². The van der Waals surface area contributed by atoms with Gasteiger partial charge in [-0.15, -0.1) is 0 Å². The molecule has 2 heterocycles. The van der Waals surface area contributed by atoms with Gasteiger partial charge in [0.05, 0.1) is 5.69 Å². The highest BCUT2D eigenvalue weighted by molar-refractivity contribution is 5.42. The standard InChI is InChI=1S/C16H23N5/c1-3-5-14-8-10-20(11-9-14)16-17-18-19-21(16)15-7-4-6-13(2)12-15/h4,6-7,12,14H,3,5,8-11H2,1-2H3. The fourth-order valence-electron chi connectivity index (χ4n) is 3.14. The summed E-state index contributed by atoms with van der Waals surface area (Å²) < 4.78 is 1.85. The smallest absolute Gasteiger partial charge is 0.250 e. The monoisotopic (exact) mass is 285 g/mol. The zero-order valence-electron chi connectivity index (χ0n) is 12.9. The van der Waals surface area contributed by atoms with Crippen LogP contribution in [0.3, 0.4) is 0 Å². The molecule has 0 aliphatic carbocycles. The Morgan fingerprint density at radius 3 is 2.76 bits per heavy atom. The first-order chi connectivity index (χ1) is 10.3. The minimum atomic E-state index is 0.870. The molecule has 1 aromatic heterocycles. The Morgan fingerprint density at radius 2 is 2.05 bits per heavy atom. The third-order valence-corrected chi connectivity index (χ3v) is 4.29. The average molecular weight is 285 g/mol. The predicted molar refractivity (Wildman–Crippen MR) is 83.7 cm³/mol. The molecule has 1 aliphatic rings. The van der Waals surface area contributed by atoms with Crippen LogP contribution in [0.4, 0.5) is 5.95 Å². The van der Waals surface area contributed by atoms with Gasteiger partial charge < -0.3 is 4.90 Å². The van der Waals surface area contributed by atoms with Gasteiger partial charge in [-0.25, -0.2) is 0 Å². The fourth-order valence-corrected chi connectivity index (χ4v) is 3.14. The molecule has 1 fully saturated rings. The Labute approximate surface area is 126 Å². The largest absolute Gasteiger partial charge is 0.339 e. The molecular weight excluding hydrogens is 262 g/mol. The quantitative estimate of drug-likeness (QED) is 0.866. The number of benzene rings is 1. The van der Waals surface area contributed by atoms with Crippen LogP contribution in [0.1, 0.15) is 38.2 Å². The Hall–Kier alpha value is -1.91. The van der Waals surface area contributed by atoms with Crippen molar-refractivity contribution in [2.45, 2.75) is 39.5 Å². The van der Waals surface area contributed by atoms with Crippen molar-refractivity contribution in [2.75, 3.05) is 18.0 Å². The maximum Gasteiger partial charge on any atom is 0.250 e. The lowest BCUT2D eigenvalue weighted by Crippen LogP contribution is -2.35. The minimum Gasteiger partial charge on any atom is -0.339 e. The van der Waals surface area contributed by atoms with Gasteiger partial charge in [0, 0.05) is 13.1 Å². The fraction of sp³-hybridized carbons (Fsp3) is 0.562. The van der Waals surface area contributed by atoms with Crippen LogP contribution in [0.15, 0.2) is 24.3 Å². The number of hydrogen-bond acceptors (Lipinski definition) is 4. The molecule has 3 rings (SSSR count). The first kappa shape index (κ1) is 14.0. The van der Waals surface area contributed by atoms with Crippen molar-refractivity contribution in [3.8, 4) is 5.69 Å². The molecule has 0 unspecified atom stereocenters. The summed E-state index contributed by atoms with van der Waals surface area (Å²) in [4.78, 5) is 2.31. The predicted octanol–water partition coefficient (Wildman–Crippen LogP) is 2.99. The lowest BCUT2D eigenvalue weighted by Gasteiger charge is -2.32. The van der Waals surface area contributed by atoms with Crippen molar-refractivity contribution in [3.05, 3.63) is 29.8 Å². The zero-order chi connectivity index (χ0) is 14.7. The van der Waals surface area contributed by atoms with Crippen LogP contribution >= 0.6 is 0 Å². The van der Waals surface area contributed by atoms with E-state index in [-0.39, 0.29) is 0 Å². The van der Waals surface area contributed by atoms with Gasteiger partial charge in [0.2, 0.25) is 5.95 Å². The zero-order valence-corrected chi connectivity index (χ0v) is 12.9. The summed E-state index contributed by atoms with van der Waals surface area (Å²) >= 11 is 0. The van der Waals surface area contributed by atoms with E-state index >= 15 is 0 Å². The number of anilines is 1. The number of hydrogen-bond donors (Lipinski definition) is 0. The van der Waals surface area contributed by atoms with Crippen molar-refractivity contribution >= 4 is 5.95 Å². The number of aryl methyl sites for hydroxylation is 1. The van der Waals surface area contributed by atoms with Crippen LogP contribution in [0.25, 0.3) is 5.69 Å². The molecule has 5 heteroatoms. The topological polar surface area (TPSA) is 46.8 Å². The van der Waals surface area contributed by atoms with Gasteiger partial charge in [0.15, 0.2) is 0 Å². The van der Waals surface area contributed by atoms with Crippen LogP contribution in [0.2, 0.25) is 0 Å². The van der Waals surface area contributed by atoms with Crippen LogP contribution in [0.5, 0.6) is 0 Å². The van der Waals surface area contributed by atoms with Crippen molar-refractivity contribution in [1.29, 1.82) is 0 Å². The van der Waals surface area contributed by atoms with E-state index in [2.05, 4.69) is 52.5 Å². The summed E-state index contributed by atoms with van der Waals surface area (Å²) in [6.07, 6.45) is 5.12. The molecule has 0 N–H and O–H groups in total. The highest BCUT2D eigenvalue weighted by Crippen LogP contribution is 2.25. The van der Waals surface area contributed by atoms with E-state index < -0.39 is 0 Å².